The molecule has 1 aliphatic rings. The number of hydrogen-bond acceptors (Lipinski definition) is 2. The van der Waals surface area contributed by atoms with E-state index < -0.39 is 0 Å². The summed E-state index contributed by atoms with van der Waals surface area (Å²) in [6.45, 7) is 3.97. The van der Waals surface area contributed by atoms with Crippen molar-refractivity contribution in [2.75, 3.05) is 19.0 Å². The number of para-hydroxylation sites is 1. The van der Waals surface area contributed by atoms with Crippen molar-refractivity contribution in [3.8, 4) is 5.75 Å². The summed E-state index contributed by atoms with van der Waals surface area (Å²) in [4.78, 5) is 0. The van der Waals surface area contributed by atoms with E-state index in [9.17, 15) is 0 Å². The molecule has 2 rings (SSSR count). The van der Waals surface area contributed by atoms with Crippen molar-refractivity contribution in [1.82, 2.24) is 5.32 Å². The minimum Gasteiger partial charge on any atom is -0.493 e. The van der Waals surface area contributed by atoms with Gasteiger partial charge in [-0.25, -0.2) is 0 Å². The van der Waals surface area contributed by atoms with Crippen molar-refractivity contribution in [3.63, 3.8) is 0 Å². The lowest BCUT2D eigenvalue weighted by atomic mass is 10.0. The first-order valence-electron chi connectivity index (χ1n) is 6.36. The minimum absolute atomic E-state index is 0.482. The predicted octanol–water partition coefficient (Wildman–Crippen LogP) is 3.16. The van der Waals surface area contributed by atoms with Crippen LogP contribution in [0, 0.1) is 0 Å². The molecule has 1 heterocycles. The Hall–Kier alpha value is -0.730. The summed E-state index contributed by atoms with van der Waals surface area (Å²) in [5, 5.41) is 3.59. The van der Waals surface area contributed by atoms with Gasteiger partial charge in [0.2, 0.25) is 0 Å². The van der Waals surface area contributed by atoms with Crippen LogP contribution >= 0.6 is 11.6 Å². The van der Waals surface area contributed by atoms with Crippen LogP contribution in [0.25, 0.3) is 0 Å². The quantitative estimate of drug-likeness (QED) is 0.787. The van der Waals surface area contributed by atoms with Gasteiger partial charge in [-0.2, -0.15) is 0 Å². The van der Waals surface area contributed by atoms with Crippen LogP contribution in [0.3, 0.4) is 0 Å². The van der Waals surface area contributed by atoms with Gasteiger partial charge >= 0.3 is 0 Å². The number of benzene rings is 1. The van der Waals surface area contributed by atoms with Crippen molar-refractivity contribution >= 4 is 11.6 Å². The zero-order chi connectivity index (χ0) is 12.1. The highest BCUT2D eigenvalue weighted by Crippen LogP contribution is 2.32. The van der Waals surface area contributed by atoms with E-state index in [1.54, 1.807) is 0 Å². The molecule has 3 heteroatoms. The third-order valence-corrected chi connectivity index (χ3v) is 3.62. The SMILES string of the molecule is CCC(CCCl)NCC1COc2ccccc21. The Morgan fingerprint density at radius 3 is 3.06 bits per heavy atom. The van der Waals surface area contributed by atoms with Gasteiger partial charge in [-0.1, -0.05) is 25.1 Å². The first-order chi connectivity index (χ1) is 8.35. The Morgan fingerprint density at radius 1 is 1.47 bits per heavy atom. The summed E-state index contributed by atoms with van der Waals surface area (Å²) in [6, 6.07) is 8.84. The van der Waals surface area contributed by atoms with Crippen LogP contribution in [0.2, 0.25) is 0 Å². The molecule has 1 aliphatic heterocycles. The number of alkyl halides is 1. The van der Waals surface area contributed by atoms with E-state index in [1.807, 2.05) is 12.1 Å². The summed E-state index contributed by atoms with van der Waals surface area (Å²) >= 11 is 5.79. The molecular formula is C14H20ClNO. The topological polar surface area (TPSA) is 21.3 Å². The number of ether oxygens (including phenoxy) is 1. The number of hydrogen-bond donors (Lipinski definition) is 1. The molecule has 2 nitrogen and oxygen atoms in total. The van der Waals surface area contributed by atoms with E-state index in [4.69, 9.17) is 16.3 Å². The van der Waals surface area contributed by atoms with Gasteiger partial charge in [0.05, 0.1) is 6.61 Å². The second kappa shape index (κ2) is 6.27. The van der Waals surface area contributed by atoms with Crippen molar-refractivity contribution in [1.29, 1.82) is 0 Å². The number of rotatable bonds is 6. The Kier molecular flexibility index (Phi) is 4.69. The molecule has 0 fully saturated rings. The fourth-order valence-corrected chi connectivity index (χ4v) is 2.55. The van der Waals surface area contributed by atoms with Crippen molar-refractivity contribution < 1.29 is 4.74 Å². The van der Waals surface area contributed by atoms with E-state index in [-0.39, 0.29) is 0 Å². The fraction of sp³-hybridized carbons (Fsp3) is 0.571. The van der Waals surface area contributed by atoms with Gasteiger partial charge in [-0.3, -0.25) is 0 Å². The maximum Gasteiger partial charge on any atom is 0.122 e. The molecule has 1 N–H and O–H groups in total. The molecule has 94 valence electrons. The van der Waals surface area contributed by atoms with Crippen molar-refractivity contribution in [3.05, 3.63) is 29.8 Å². The highest BCUT2D eigenvalue weighted by atomic mass is 35.5. The maximum atomic E-state index is 5.79. The predicted molar refractivity (Wildman–Crippen MR) is 72.1 cm³/mol. The molecule has 0 aromatic heterocycles. The van der Waals surface area contributed by atoms with Gasteiger partial charge in [0.1, 0.15) is 5.75 Å². The normalized spacial score (nSPS) is 19.8. The zero-order valence-corrected chi connectivity index (χ0v) is 11.0. The van der Waals surface area contributed by atoms with Crippen LogP contribution < -0.4 is 10.1 Å². The summed E-state index contributed by atoms with van der Waals surface area (Å²) in [5.74, 6) is 2.25. The zero-order valence-electron chi connectivity index (χ0n) is 10.3. The Bertz CT molecular complexity index is 356. The van der Waals surface area contributed by atoms with Crippen LogP contribution in [0.15, 0.2) is 24.3 Å². The molecule has 2 unspecified atom stereocenters. The lowest BCUT2D eigenvalue weighted by molar-refractivity contribution is 0.320. The van der Waals surface area contributed by atoms with Gasteiger partial charge in [-0.05, 0) is 18.9 Å². The molecule has 0 saturated carbocycles. The highest BCUT2D eigenvalue weighted by Gasteiger charge is 2.23. The molecule has 0 saturated heterocycles. The van der Waals surface area contributed by atoms with Crippen LogP contribution in [-0.4, -0.2) is 25.1 Å². The standard InChI is InChI=1S/C14H20ClNO/c1-2-12(7-8-15)16-9-11-10-17-14-6-4-3-5-13(11)14/h3-6,11-12,16H,2,7-10H2,1H3. The lowest BCUT2D eigenvalue weighted by Gasteiger charge is -2.18. The van der Waals surface area contributed by atoms with E-state index in [0.717, 1.165) is 37.6 Å². The van der Waals surface area contributed by atoms with E-state index in [0.29, 0.717) is 12.0 Å². The molecule has 1 aromatic rings. The molecule has 0 bridgehead atoms. The molecule has 17 heavy (non-hydrogen) atoms. The second-order valence-electron chi connectivity index (χ2n) is 4.54. The van der Waals surface area contributed by atoms with Crippen LogP contribution in [-0.2, 0) is 0 Å². The van der Waals surface area contributed by atoms with Crippen molar-refractivity contribution in [2.45, 2.75) is 31.7 Å². The highest BCUT2D eigenvalue weighted by molar-refractivity contribution is 6.17. The number of fused-ring (bicyclic) bond motifs is 1. The molecule has 0 radical (unpaired) electrons. The van der Waals surface area contributed by atoms with E-state index in [1.165, 1.54) is 5.56 Å². The smallest absolute Gasteiger partial charge is 0.122 e. The molecule has 0 amide bonds. The Morgan fingerprint density at radius 2 is 2.29 bits per heavy atom. The maximum absolute atomic E-state index is 5.79. The number of halogens is 1. The molecule has 0 spiro atoms. The summed E-state index contributed by atoms with van der Waals surface area (Å²) in [7, 11) is 0. The third kappa shape index (κ3) is 3.14. The summed E-state index contributed by atoms with van der Waals surface area (Å²) in [5.41, 5.74) is 1.33. The van der Waals surface area contributed by atoms with E-state index in [2.05, 4.69) is 24.4 Å². The second-order valence-corrected chi connectivity index (χ2v) is 4.91. The van der Waals surface area contributed by atoms with Gasteiger partial charge in [0.15, 0.2) is 0 Å². The molecule has 2 atom stereocenters. The third-order valence-electron chi connectivity index (χ3n) is 3.40. The summed E-state index contributed by atoms with van der Waals surface area (Å²) < 4.78 is 5.67. The van der Waals surface area contributed by atoms with Crippen LogP contribution in [0.5, 0.6) is 5.75 Å². The van der Waals surface area contributed by atoms with Crippen molar-refractivity contribution in [2.24, 2.45) is 0 Å². The monoisotopic (exact) mass is 253 g/mol. The largest absolute Gasteiger partial charge is 0.493 e. The first-order valence-corrected chi connectivity index (χ1v) is 6.89. The van der Waals surface area contributed by atoms with Gasteiger partial charge in [0.25, 0.3) is 0 Å². The Labute approximate surface area is 108 Å². The molecular weight excluding hydrogens is 234 g/mol. The lowest BCUT2D eigenvalue weighted by Crippen LogP contribution is -2.33. The minimum atomic E-state index is 0.482. The molecule has 0 aliphatic carbocycles. The van der Waals surface area contributed by atoms with Gasteiger partial charge in [-0.15, -0.1) is 11.6 Å². The van der Waals surface area contributed by atoms with Gasteiger partial charge in [0, 0.05) is 29.9 Å². The first kappa shape index (κ1) is 12.7. The fourth-order valence-electron chi connectivity index (χ4n) is 2.29. The van der Waals surface area contributed by atoms with Crippen LogP contribution in [0.1, 0.15) is 31.2 Å². The number of nitrogens with one attached hydrogen (secondary N) is 1. The van der Waals surface area contributed by atoms with E-state index >= 15 is 0 Å². The van der Waals surface area contributed by atoms with Crippen LogP contribution in [0.4, 0.5) is 0 Å². The summed E-state index contributed by atoms with van der Waals surface area (Å²) in [6.07, 6.45) is 2.16. The molecule has 1 aromatic carbocycles. The Balaban J connectivity index is 1.89. The average molecular weight is 254 g/mol. The van der Waals surface area contributed by atoms with Gasteiger partial charge < -0.3 is 10.1 Å². The average Bonchev–Trinajstić information content (AvgIpc) is 2.78.